The van der Waals surface area contributed by atoms with E-state index in [1.54, 1.807) is 41.6 Å². The maximum absolute atomic E-state index is 13.5. The topological polar surface area (TPSA) is 70.6 Å². The average Bonchev–Trinajstić information content (AvgIpc) is 3.00. The van der Waals surface area contributed by atoms with E-state index in [9.17, 15) is 14.4 Å². The molecule has 0 N–H and O–H groups in total. The van der Waals surface area contributed by atoms with Gasteiger partial charge < -0.3 is 4.90 Å². The molecule has 142 valence electrons. The fraction of sp³-hybridized carbons (Fsp3) is 0.273. The van der Waals surface area contributed by atoms with Gasteiger partial charge in [0.1, 0.15) is 6.04 Å². The third-order valence-electron chi connectivity index (χ3n) is 5.37. The number of pyridine rings is 1. The van der Waals surface area contributed by atoms with Crippen molar-refractivity contribution in [2.75, 3.05) is 6.54 Å². The second kappa shape index (κ2) is 7.38. The number of hydrogen-bond donors (Lipinski definition) is 0. The second-order valence-corrected chi connectivity index (χ2v) is 6.95. The van der Waals surface area contributed by atoms with Gasteiger partial charge in [0, 0.05) is 18.9 Å². The number of fused-ring (bicyclic) bond motifs is 1. The third-order valence-corrected chi connectivity index (χ3v) is 5.37. The first kappa shape index (κ1) is 18.1. The molecule has 0 aliphatic carbocycles. The van der Waals surface area contributed by atoms with Crippen LogP contribution < -0.4 is 0 Å². The molecule has 28 heavy (non-hydrogen) atoms. The third kappa shape index (κ3) is 2.91. The number of carbonyl (C=O) groups is 3. The molecule has 1 aromatic heterocycles. The van der Waals surface area contributed by atoms with Gasteiger partial charge in [-0.25, -0.2) is 0 Å². The number of rotatable bonds is 4. The van der Waals surface area contributed by atoms with E-state index >= 15 is 0 Å². The van der Waals surface area contributed by atoms with Gasteiger partial charge in [0.15, 0.2) is 0 Å². The second-order valence-electron chi connectivity index (χ2n) is 6.95. The van der Waals surface area contributed by atoms with E-state index in [0.717, 1.165) is 10.5 Å². The summed E-state index contributed by atoms with van der Waals surface area (Å²) in [6.45, 7) is 2.27. The average molecular weight is 375 g/mol. The summed E-state index contributed by atoms with van der Waals surface area (Å²) in [7, 11) is 0. The van der Waals surface area contributed by atoms with Crippen LogP contribution in [0, 0.1) is 0 Å². The molecular formula is C22H21N3O3. The van der Waals surface area contributed by atoms with Gasteiger partial charge >= 0.3 is 0 Å². The smallest absolute Gasteiger partial charge is 0.262 e. The van der Waals surface area contributed by atoms with Gasteiger partial charge in [0.2, 0.25) is 5.91 Å². The fourth-order valence-corrected chi connectivity index (χ4v) is 3.95. The zero-order chi connectivity index (χ0) is 19.7. The van der Waals surface area contributed by atoms with Gasteiger partial charge in [-0.2, -0.15) is 0 Å². The van der Waals surface area contributed by atoms with Gasteiger partial charge in [-0.15, -0.1) is 0 Å². The standard InChI is InChI=1S/C22H21N3O3/c1-2-18(25-20(26)16-9-3-4-10-17(16)21(25)27)22(28)24-13-6-5-11-19(24)15-8-7-12-23-14-15/h3-10,12,14,18-19H,2,11,13H2,1H3/t18?,19-/m1/s1. The molecule has 0 radical (unpaired) electrons. The molecule has 1 aromatic carbocycles. The van der Waals surface area contributed by atoms with E-state index in [1.807, 2.05) is 31.2 Å². The van der Waals surface area contributed by atoms with E-state index in [-0.39, 0.29) is 11.9 Å². The summed E-state index contributed by atoms with van der Waals surface area (Å²) in [4.78, 5) is 46.2. The van der Waals surface area contributed by atoms with Gasteiger partial charge in [-0.1, -0.05) is 37.3 Å². The fourth-order valence-electron chi connectivity index (χ4n) is 3.95. The molecular weight excluding hydrogens is 354 g/mol. The van der Waals surface area contributed by atoms with Crippen LogP contribution in [0.2, 0.25) is 0 Å². The summed E-state index contributed by atoms with van der Waals surface area (Å²) >= 11 is 0. The van der Waals surface area contributed by atoms with Gasteiger partial charge in [0.05, 0.1) is 17.2 Å². The SMILES string of the molecule is CCC(C(=O)N1CC=CC[C@@H]1c1cccnc1)N1C(=O)c2ccccc2C1=O. The molecule has 2 atom stereocenters. The number of carbonyl (C=O) groups excluding carboxylic acids is 3. The summed E-state index contributed by atoms with van der Waals surface area (Å²) in [5, 5.41) is 0. The number of imide groups is 1. The molecule has 6 nitrogen and oxygen atoms in total. The minimum Gasteiger partial charge on any atom is -0.330 e. The lowest BCUT2D eigenvalue weighted by atomic mass is 9.99. The van der Waals surface area contributed by atoms with Crippen LogP contribution in [-0.4, -0.2) is 45.1 Å². The Labute approximate surface area is 163 Å². The van der Waals surface area contributed by atoms with Crippen molar-refractivity contribution in [2.24, 2.45) is 0 Å². The minimum absolute atomic E-state index is 0.157. The molecule has 2 aliphatic rings. The molecule has 0 fully saturated rings. The lowest BCUT2D eigenvalue weighted by molar-refractivity contribution is -0.137. The maximum atomic E-state index is 13.5. The van der Waals surface area contributed by atoms with Gasteiger partial charge in [0.25, 0.3) is 11.8 Å². The molecule has 0 saturated heterocycles. The van der Waals surface area contributed by atoms with E-state index in [1.165, 1.54) is 0 Å². The van der Waals surface area contributed by atoms with Crippen LogP contribution in [0.15, 0.2) is 60.9 Å². The molecule has 0 spiro atoms. The van der Waals surface area contributed by atoms with Crippen LogP contribution in [0.4, 0.5) is 0 Å². The Balaban J connectivity index is 1.65. The summed E-state index contributed by atoms with van der Waals surface area (Å²) in [5.41, 5.74) is 1.67. The molecule has 0 bridgehead atoms. The van der Waals surface area contributed by atoms with Crippen LogP contribution >= 0.6 is 0 Å². The predicted octanol–water partition coefficient (Wildman–Crippen LogP) is 2.99. The molecule has 3 heterocycles. The Bertz CT molecular complexity index is 920. The van der Waals surface area contributed by atoms with E-state index in [0.29, 0.717) is 30.5 Å². The Kier molecular flexibility index (Phi) is 4.77. The van der Waals surface area contributed by atoms with Crippen molar-refractivity contribution in [1.82, 2.24) is 14.8 Å². The first-order chi connectivity index (χ1) is 13.6. The first-order valence-electron chi connectivity index (χ1n) is 9.45. The molecule has 1 unspecified atom stereocenters. The van der Waals surface area contributed by atoms with Crippen molar-refractivity contribution in [1.29, 1.82) is 0 Å². The Morgan fingerprint density at radius 1 is 1.11 bits per heavy atom. The normalized spacial score (nSPS) is 19.7. The van der Waals surface area contributed by atoms with E-state index < -0.39 is 17.9 Å². The highest BCUT2D eigenvalue weighted by molar-refractivity contribution is 6.22. The van der Waals surface area contributed by atoms with Gasteiger partial charge in [-0.3, -0.25) is 24.3 Å². The largest absolute Gasteiger partial charge is 0.330 e. The zero-order valence-electron chi connectivity index (χ0n) is 15.6. The summed E-state index contributed by atoms with van der Waals surface area (Å²) in [5.74, 6) is -1.01. The monoisotopic (exact) mass is 375 g/mol. The van der Waals surface area contributed by atoms with Crippen LogP contribution in [0.1, 0.15) is 52.1 Å². The van der Waals surface area contributed by atoms with Crippen molar-refractivity contribution < 1.29 is 14.4 Å². The number of aromatic nitrogens is 1. The lowest BCUT2D eigenvalue weighted by Crippen LogP contribution is -2.52. The Morgan fingerprint density at radius 3 is 2.43 bits per heavy atom. The minimum atomic E-state index is -0.821. The molecule has 3 amide bonds. The van der Waals surface area contributed by atoms with E-state index in [2.05, 4.69) is 4.98 Å². The van der Waals surface area contributed by atoms with Crippen LogP contribution in [0.25, 0.3) is 0 Å². The molecule has 2 aliphatic heterocycles. The lowest BCUT2D eigenvalue weighted by Gasteiger charge is -2.37. The highest BCUT2D eigenvalue weighted by atomic mass is 16.2. The Hall–Kier alpha value is -3.28. The van der Waals surface area contributed by atoms with Crippen LogP contribution in [0.5, 0.6) is 0 Å². The van der Waals surface area contributed by atoms with Crippen molar-refractivity contribution in [3.8, 4) is 0 Å². The number of benzene rings is 1. The van der Waals surface area contributed by atoms with Crippen LogP contribution in [-0.2, 0) is 4.79 Å². The van der Waals surface area contributed by atoms with Gasteiger partial charge in [-0.05, 0) is 36.6 Å². The highest BCUT2D eigenvalue weighted by Crippen LogP contribution is 2.31. The van der Waals surface area contributed by atoms with Crippen molar-refractivity contribution >= 4 is 17.7 Å². The summed E-state index contributed by atoms with van der Waals surface area (Å²) in [6.07, 6.45) is 8.49. The number of nitrogens with zero attached hydrogens (tertiary/aromatic N) is 3. The molecule has 0 saturated carbocycles. The van der Waals surface area contributed by atoms with Crippen molar-refractivity contribution in [3.05, 3.63) is 77.6 Å². The quantitative estimate of drug-likeness (QED) is 0.608. The zero-order valence-corrected chi connectivity index (χ0v) is 15.6. The van der Waals surface area contributed by atoms with Crippen molar-refractivity contribution in [2.45, 2.75) is 31.8 Å². The van der Waals surface area contributed by atoms with E-state index in [4.69, 9.17) is 0 Å². The Morgan fingerprint density at radius 2 is 1.82 bits per heavy atom. The number of amides is 3. The molecule has 2 aromatic rings. The molecule has 4 rings (SSSR count). The van der Waals surface area contributed by atoms with Crippen molar-refractivity contribution in [3.63, 3.8) is 0 Å². The highest BCUT2D eigenvalue weighted by Gasteiger charge is 2.44. The first-order valence-corrected chi connectivity index (χ1v) is 9.45. The predicted molar refractivity (Wildman–Crippen MR) is 103 cm³/mol. The molecule has 6 heteroatoms. The number of hydrogen-bond acceptors (Lipinski definition) is 4. The van der Waals surface area contributed by atoms with Crippen LogP contribution in [0.3, 0.4) is 0 Å². The maximum Gasteiger partial charge on any atom is 0.262 e. The summed E-state index contributed by atoms with van der Waals surface area (Å²) < 4.78 is 0. The summed E-state index contributed by atoms with van der Waals surface area (Å²) in [6, 6.07) is 9.53.